The first-order valence-electron chi connectivity index (χ1n) is 6.16. The van der Waals surface area contributed by atoms with Gasteiger partial charge in [-0.3, -0.25) is 0 Å². The minimum Gasteiger partial charge on any atom is -0.387 e. The molecule has 98 valence electrons. The Morgan fingerprint density at radius 2 is 2.22 bits per heavy atom. The van der Waals surface area contributed by atoms with Crippen molar-refractivity contribution in [2.45, 2.75) is 12.5 Å². The van der Waals surface area contributed by atoms with Crippen LogP contribution in [0.1, 0.15) is 18.1 Å². The fourth-order valence-corrected chi connectivity index (χ4v) is 1.96. The van der Waals surface area contributed by atoms with Crippen LogP contribution in [0.25, 0.3) is 0 Å². The van der Waals surface area contributed by atoms with Crippen LogP contribution in [-0.4, -0.2) is 31.4 Å². The average Bonchev–Trinajstić information content (AvgIpc) is 2.40. The van der Waals surface area contributed by atoms with Crippen molar-refractivity contribution >= 4 is 0 Å². The van der Waals surface area contributed by atoms with Gasteiger partial charge in [0.15, 0.2) is 0 Å². The summed E-state index contributed by atoms with van der Waals surface area (Å²) >= 11 is 0. The second kappa shape index (κ2) is 6.64. The fraction of sp³-hybridized carbons (Fsp3) is 0.429. The van der Waals surface area contributed by atoms with E-state index in [1.807, 2.05) is 0 Å². The van der Waals surface area contributed by atoms with Gasteiger partial charge in [0.25, 0.3) is 0 Å². The maximum atomic E-state index is 13.4. The van der Waals surface area contributed by atoms with Crippen molar-refractivity contribution < 1.29 is 14.2 Å². The second-order valence-corrected chi connectivity index (χ2v) is 4.37. The smallest absolute Gasteiger partial charge is 0.129 e. The van der Waals surface area contributed by atoms with Crippen LogP contribution in [0.4, 0.5) is 4.39 Å². The summed E-state index contributed by atoms with van der Waals surface area (Å²) < 4.78 is 18.7. The highest BCUT2D eigenvalue weighted by atomic mass is 19.1. The summed E-state index contributed by atoms with van der Waals surface area (Å²) in [7, 11) is 0. The number of benzene rings is 1. The van der Waals surface area contributed by atoms with Gasteiger partial charge in [0.2, 0.25) is 0 Å². The number of ether oxygens (including phenoxy) is 1. The van der Waals surface area contributed by atoms with E-state index in [1.165, 1.54) is 11.6 Å². The van der Waals surface area contributed by atoms with Gasteiger partial charge in [-0.1, -0.05) is 24.3 Å². The molecular weight excluding hydrogens is 233 g/mol. The molecule has 0 fully saturated rings. The van der Waals surface area contributed by atoms with Crippen molar-refractivity contribution in [1.29, 1.82) is 0 Å². The van der Waals surface area contributed by atoms with E-state index in [0.29, 0.717) is 25.3 Å². The zero-order chi connectivity index (χ0) is 12.8. The van der Waals surface area contributed by atoms with E-state index >= 15 is 0 Å². The van der Waals surface area contributed by atoms with E-state index in [2.05, 4.69) is 11.4 Å². The molecule has 0 aliphatic carbocycles. The molecule has 1 atom stereocenters. The van der Waals surface area contributed by atoms with E-state index in [-0.39, 0.29) is 5.82 Å². The molecule has 18 heavy (non-hydrogen) atoms. The first kappa shape index (κ1) is 13.2. The number of hydrogen-bond acceptors (Lipinski definition) is 3. The van der Waals surface area contributed by atoms with E-state index in [1.54, 1.807) is 18.2 Å². The highest BCUT2D eigenvalue weighted by Crippen LogP contribution is 2.15. The SMILES string of the molecule is OC(CNCC1=CCCOC1)c1ccccc1F. The molecule has 2 rings (SSSR count). The van der Waals surface area contributed by atoms with E-state index in [0.717, 1.165) is 13.0 Å². The highest BCUT2D eigenvalue weighted by molar-refractivity contribution is 5.20. The minimum absolute atomic E-state index is 0.332. The lowest BCUT2D eigenvalue weighted by Crippen LogP contribution is -2.26. The van der Waals surface area contributed by atoms with Crippen LogP contribution >= 0.6 is 0 Å². The molecule has 1 aliphatic heterocycles. The number of halogens is 1. The number of hydrogen-bond donors (Lipinski definition) is 2. The van der Waals surface area contributed by atoms with Crippen LogP contribution in [0.2, 0.25) is 0 Å². The highest BCUT2D eigenvalue weighted by Gasteiger charge is 2.12. The molecule has 0 radical (unpaired) electrons. The summed E-state index contributed by atoms with van der Waals surface area (Å²) in [5.41, 5.74) is 1.51. The molecule has 1 aromatic carbocycles. The zero-order valence-corrected chi connectivity index (χ0v) is 10.2. The summed E-state index contributed by atoms with van der Waals surface area (Å²) in [6, 6.07) is 6.29. The monoisotopic (exact) mass is 251 g/mol. The molecule has 1 aromatic rings. The molecule has 0 spiro atoms. The predicted octanol–water partition coefficient (Wildman–Crippen LogP) is 1.80. The summed E-state index contributed by atoms with van der Waals surface area (Å²) in [5, 5.41) is 13.0. The first-order valence-corrected chi connectivity index (χ1v) is 6.16. The van der Waals surface area contributed by atoms with Gasteiger partial charge in [-0.15, -0.1) is 0 Å². The summed E-state index contributed by atoms with van der Waals surface area (Å²) in [4.78, 5) is 0. The normalized spacial score (nSPS) is 17.3. The molecule has 0 amide bonds. The lowest BCUT2D eigenvalue weighted by Gasteiger charge is -2.16. The van der Waals surface area contributed by atoms with E-state index in [9.17, 15) is 9.50 Å². The van der Waals surface area contributed by atoms with Gasteiger partial charge < -0.3 is 15.2 Å². The molecule has 0 saturated carbocycles. The Hall–Kier alpha value is -1.23. The maximum Gasteiger partial charge on any atom is 0.129 e. The van der Waals surface area contributed by atoms with Crippen LogP contribution in [0.5, 0.6) is 0 Å². The zero-order valence-electron chi connectivity index (χ0n) is 10.2. The molecule has 0 saturated heterocycles. The van der Waals surface area contributed by atoms with Gasteiger partial charge >= 0.3 is 0 Å². The Morgan fingerprint density at radius 3 is 2.94 bits per heavy atom. The number of nitrogens with one attached hydrogen (secondary N) is 1. The predicted molar refractivity (Wildman–Crippen MR) is 67.7 cm³/mol. The first-order chi connectivity index (χ1) is 8.77. The van der Waals surface area contributed by atoms with Crippen molar-refractivity contribution in [3.8, 4) is 0 Å². The quantitative estimate of drug-likeness (QED) is 0.784. The Morgan fingerprint density at radius 1 is 1.39 bits per heavy atom. The second-order valence-electron chi connectivity index (χ2n) is 4.37. The Labute approximate surface area is 106 Å². The van der Waals surface area contributed by atoms with Gasteiger partial charge in [-0.25, -0.2) is 4.39 Å². The third-order valence-electron chi connectivity index (χ3n) is 2.94. The van der Waals surface area contributed by atoms with Crippen molar-refractivity contribution in [3.63, 3.8) is 0 Å². The Kier molecular flexibility index (Phi) is 4.87. The van der Waals surface area contributed by atoms with Crippen molar-refractivity contribution in [2.24, 2.45) is 0 Å². The Bertz CT molecular complexity index is 420. The topological polar surface area (TPSA) is 41.5 Å². The van der Waals surface area contributed by atoms with Crippen LogP contribution < -0.4 is 5.32 Å². The van der Waals surface area contributed by atoms with Crippen molar-refractivity contribution in [2.75, 3.05) is 26.3 Å². The van der Waals surface area contributed by atoms with Gasteiger partial charge in [0.1, 0.15) is 5.82 Å². The van der Waals surface area contributed by atoms with Crippen LogP contribution in [-0.2, 0) is 4.74 Å². The third kappa shape index (κ3) is 3.63. The van der Waals surface area contributed by atoms with Crippen LogP contribution in [0, 0.1) is 5.82 Å². The molecular formula is C14H18FNO2. The summed E-state index contributed by atoms with van der Waals surface area (Å²) in [6.45, 7) is 2.42. The van der Waals surface area contributed by atoms with Gasteiger partial charge in [0.05, 0.1) is 19.3 Å². The molecule has 3 nitrogen and oxygen atoms in total. The number of aliphatic hydroxyl groups excluding tert-OH is 1. The fourth-order valence-electron chi connectivity index (χ4n) is 1.96. The lowest BCUT2D eigenvalue weighted by atomic mass is 10.1. The molecule has 1 aliphatic rings. The molecule has 2 N–H and O–H groups in total. The van der Waals surface area contributed by atoms with E-state index < -0.39 is 6.10 Å². The van der Waals surface area contributed by atoms with Crippen LogP contribution in [0.3, 0.4) is 0 Å². The number of rotatable bonds is 5. The minimum atomic E-state index is -0.823. The molecule has 1 unspecified atom stereocenters. The molecule has 0 aromatic heterocycles. The maximum absolute atomic E-state index is 13.4. The average molecular weight is 251 g/mol. The molecule has 1 heterocycles. The summed E-state index contributed by atoms with van der Waals surface area (Å²) in [6.07, 6.45) is 2.26. The number of aliphatic hydroxyl groups is 1. The lowest BCUT2D eigenvalue weighted by molar-refractivity contribution is 0.146. The molecule has 4 heteroatoms. The van der Waals surface area contributed by atoms with Gasteiger partial charge in [-0.05, 0) is 18.1 Å². The standard InChI is InChI=1S/C14H18FNO2/c15-13-6-2-1-5-12(13)14(17)9-16-8-11-4-3-7-18-10-11/h1-2,4-6,14,16-17H,3,7-10H2. The summed E-state index contributed by atoms with van der Waals surface area (Å²) in [5.74, 6) is -0.369. The van der Waals surface area contributed by atoms with Gasteiger partial charge in [-0.2, -0.15) is 0 Å². The molecule has 0 bridgehead atoms. The van der Waals surface area contributed by atoms with Crippen molar-refractivity contribution in [1.82, 2.24) is 5.32 Å². The largest absolute Gasteiger partial charge is 0.387 e. The van der Waals surface area contributed by atoms with Gasteiger partial charge in [0, 0.05) is 18.7 Å². The van der Waals surface area contributed by atoms with Crippen LogP contribution in [0.15, 0.2) is 35.9 Å². The Balaban J connectivity index is 1.80. The third-order valence-corrected chi connectivity index (χ3v) is 2.94. The van der Waals surface area contributed by atoms with Crippen molar-refractivity contribution in [3.05, 3.63) is 47.3 Å². The van der Waals surface area contributed by atoms with E-state index in [4.69, 9.17) is 4.74 Å².